The zero-order valence-corrected chi connectivity index (χ0v) is 17.2. The molecule has 1 atom stereocenters. The quantitative estimate of drug-likeness (QED) is 0.740. The number of benzene rings is 2. The van der Waals surface area contributed by atoms with Crippen LogP contribution in [0.25, 0.3) is 11.1 Å². The number of nitrogens with zero attached hydrogens (tertiary/aromatic N) is 1. The van der Waals surface area contributed by atoms with E-state index in [9.17, 15) is 8.42 Å². The molecule has 2 aromatic carbocycles. The predicted octanol–water partition coefficient (Wildman–Crippen LogP) is 3.59. The van der Waals surface area contributed by atoms with Gasteiger partial charge in [-0.15, -0.1) is 0 Å². The summed E-state index contributed by atoms with van der Waals surface area (Å²) >= 11 is 0. The minimum atomic E-state index is -3.13. The summed E-state index contributed by atoms with van der Waals surface area (Å²) in [4.78, 5) is 19.2. The molecular formula is C22H27NO4S. The predicted molar refractivity (Wildman–Crippen MR) is 109 cm³/mol. The Hall–Kier alpha value is -2.27. The highest BCUT2D eigenvalue weighted by atomic mass is 32.2. The van der Waals surface area contributed by atoms with Gasteiger partial charge in [0.15, 0.2) is 9.84 Å². The molecule has 0 aromatic heterocycles. The second-order valence-corrected chi connectivity index (χ2v) is 9.26. The van der Waals surface area contributed by atoms with Crippen molar-refractivity contribution in [3.05, 3.63) is 54.1 Å². The minimum absolute atomic E-state index is 0.136. The summed E-state index contributed by atoms with van der Waals surface area (Å²) in [6, 6.07) is 16.6. The van der Waals surface area contributed by atoms with E-state index in [1.165, 1.54) is 24.9 Å². The summed E-state index contributed by atoms with van der Waals surface area (Å²) in [5.41, 5.74) is 3.53. The highest BCUT2D eigenvalue weighted by molar-refractivity contribution is 7.91. The van der Waals surface area contributed by atoms with Crippen LogP contribution >= 0.6 is 0 Å². The molecule has 6 heteroatoms. The zero-order valence-electron chi connectivity index (χ0n) is 16.4. The van der Waals surface area contributed by atoms with E-state index >= 15 is 0 Å². The van der Waals surface area contributed by atoms with Gasteiger partial charge in [0.05, 0.1) is 10.6 Å². The van der Waals surface area contributed by atoms with E-state index in [0.717, 1.165) is 30.1 Å². The molecule has 150 valence electrons. The number of sulfone groups is 1. The van der Waals surface area contributed by atoms with Gasteiger partial charge in [0.1, 0.15) is 0 Å². The van der Waals surface area contributed by atoms with Crippen molar-refractivity contribution in [2.24, 2.45) is 0 Å². The molecule has 1 fully saturated rings. The summed E-state index contributed by atoms with van der Waals surface area (Å²) in [5.74, 6) is 0.136. The highest BCUT2D eigenvalue weighted by Gasteiger charge is 2.19. The lowest BCUT2D eigenvalue weighted by Crippen LogP contribution is -2.28. The van der Waals surface area contributed by atoms with Gasteiger partial charge in [-0.2, -0.15) is 9.59 Å². The van der Waals surface area contributed by atoms with Crippen LogP contribution in [0, 0.1) is 0 Å². The van der Waals surface area contributed by atoms with E-state index in [2.05, 4.69) is 36.1 Å². The Morgan fingerprint density at radius 1 is 1.00 bits per heavy atom. The minimum Gasteiger partial charge on any atom is -0.300 e. The third-order valence-corrected chi connectivity index (χ3v) is 7.01. The largest absolute Gasteiger partial charge is 0.373 e. The molecule has 0 unspecified atom stereocenters. The molecule has 0 radical (unpaired) electrons. The molecule has 1 aliphatic heterocycles. The Labute approximate surface area is 167 Å². The summed E-state index contributed by atoms with van der Waals surface area (Å²) in [6.07, 6.45) is 3.98. The number of hydrogen-bond donors (Lipinski definition) is 0. The molecule has 3 rings (SSSR count). The van der Waals surface area contributed by atoms with Crippen molar-refractivity contribution in [3.63, 3.8) is 0 Å². The third kappa shape index (κ3) is 5.86. The van der Waals surface area contributed by atoms with Gasteiger partial charge in [0.25, 0.3) is 0 Å². The van der Waals surface area contributed by atoms with Crippen LogP contribution in [0.3, 0.4) is 0 Å². The van der Waals surface area contributed by atoms with Crippen molar-refractivity contribution in [1.29, 1.82) is 0 Å². The number of carbonyl (C=O) groups excluding carboxylic acids is 2. The average molecular weight is 402 g/mol. The lowest BCUT2D eigenvalue weighted by Gasteiger charge is -2.20. The zero-order chi connectivity index (χ0) is 20.6. The summed E-state index contributed by atoms with van der Waals surface area (Å²) in [6.45, 7) is 6.35. The Bertz CT molecular complexity index is 883. The van der Waals surface area contributed by atoms with Crippen molar-refractivity contribution in [3.8, 4) is 11.1 Å². The van der Waals surface area contributed by atoms with Crippen LogP contribution in [-0.2, 0) is 25.8 Å². The van der Waals surface area contributed by atoms with Gasteiger partial charge in [-0.25, -0.2) is 8.42 Å². The molecule has 28 heavy (non-hydrogen) atoms. The molecule has 0 aliphatic carbocycles. The monoisotopic (exact) mass is 401 g/mol. The maximum atomic E-state index is 11.9. The van der Waals surface area contributed by atoms with Crippen molar-refractivity contribution in [2.45, 2.75) is 44.0 Å². The first-order chi connectivity index (χ1) is 13.4. The maximum Gasteiger partial charge on any atom is 0.373 e. The van der Waals surface area contributed by atoms with E-state index in [1.807, 2.05) is 12.1 Å². The summed E-state index contributed by atoms with van der Waals surface area (Å²) in [5, 5.41) is 0. The first-order valence-corrected chi connectivity index (χ1v) is 11.2. The van der Waals surface area contributed by atoms with E-state index < -0.39 is 9.84 Å². The lowest BCUT2D eigenvalue weighted by molar-refractivity contribution is -0.191. The molecule has 5 nitrogen and oxygen atoms in total. The third-order valence-electron chi connectivity index (χ3n) is 5.26. The van der Waals surface area contributed by atoms with Crippen LogP contribution in [-0.4, -0.2) is 44.4 Å². The van der Waals surface area contributed by atoms with Crippen molar-refractivity contribution in [2.75, 3.05) is 18.8 Å². The number of hydrogen-bond acceptors (Lipinski definition) is 5. The molecule has 0 spiro atoms. The fraction of sp³-hybridized carbons (Fsp3) is 0.409. The second-order valence-electron chi connectivity index (χ2n) is 6.99. The molecule has 0 amide bonds. The standard InChI is InChI=1S/C21H27NO2S.CO2/c1-3-25(23,24)21-12-10-20(11-13-21)19-8-6-18(7-9-19)14-16-22-15-4-5-17(22)2;2-1-3/h6-13,17H,3-5,14-16H2,1-2H3;/t17-;/m1./s1. The lowest BCUT2D eigenvalue weighted by atomic mass is 10.0. The van der Waals surface area contributed by atoms with E-state index in [-0.39, 0.29) is 11.9 Å². The van der Waals surface area contributed by atoms with Crippen LogP contribution in [0.4, 0.5) is 0 Å². The maximum absolute atomic E-state index is 11.9. The van der Waals surface area contributed by atoms with Gasteiger partial charge in [-0.3, -0.25) is 0 Å². The van der Waals surface area contributed by atoms with Crippen molar-refractivity contribution < 1.29 is 18.0 Å². The second kappa shape index (κ2) is 10.3. The highest BCUT2D eigenvalue weighted by Crippen LogP contribution is 2.23. The number of likely N-dealkylation sites (tertiary alicyclic amines) is 1. The average Bonchev–Trinajstić information content (AvgIpc) is 3.12. The Kier molecular flexibility index (Phi) is 8.12. The molecule has 1 saturated heterocycles. The Morgan fingerprint density at radius 2 is 1.54 bits per heavy atom. The van der Waals surface area contributed by atoms with E-state index in [0.29, 0.717) is 4.90 Å². The Balaban J connectivity index is 0.000000878. The smallest absolute Gasteiger partial charge is 0.300 e. The first-order valence-electron chi connectivity index (χ1n) is 9.56. The fourth-order valence-corrected chi connectivity index (χ4v) is 4.37. The topological polar surface area (TPSA) is 71.5 Å². The Morgan fingerprint density at radius 3 is 2.00 bits per heavy atom. The molecule has 0 saturated carbocycles. The molecule has 1 aliphatic rings. The van der Waals surface area contributed by atoms with Crippen LogP contribution in [0.5, 0.6) is 0 Å². The molecule has 2 aromatic rings. The molecule has 0 bridgehead atoms. The molecule has 0 N–H and O–H groups in total. The van der Waals surface area contributed by atoms with Gasteiger partial charge in [-0.1, -0.05) is 43.3 Å². The van der Waals surface area contributed by atoms with Crippen molar-refractivity contribution >= 4 is 16.0 Å². The van der Waals surface area contributed by atoms with Gasteiger partial charge in [0, 0.05) is 12.6 Å². The van der Waals surface area contributed by atoms with Gasteiger partial charge >= 0.3 is 6.15 Å². The van der Waals surface area contributed by atoms with Gasteiger partial charge in [0.2, 0.25) is 0 Å². The van der Waals surface area contributed by atoms with Crippen molar-refractivity contribution in [1.82, 2.24) is 4.90 Å². The van der Waals surface area contributed by atoms with Gasteiger partial charge in [-0.05, 0) is 61.6 Å². The van der Waals surface area contributed by atoms with E-state index in [1.54, 1.807) is 19.1 Å². The van der Waals surface area contributed by atoms with Crippen LogP contribution in [0.2, 0.25) is 0 Å². The van der Waals surface area contributed by atoms with Crippen LogP contribution in [0.1, 0.15) is 32.3 Å². The van der Waals surface area contributed by atoms with Gasteiger partial charge < -0.3 is 4.90 Å². The normalized spacial score (nSPS) is 16.9. The summed E-state index contributed by atoms with van der Waals surface area (Å²) < 4.78 is 23.8. The van der Waals surface area contributed by atoms with E-state index in [4.69, 9.17) is 9.59 Å². The molecule has 1 heterocycles. The molecular weight excluding hydrogens is 374 g/mol. The van der Waals surface area contributed by atoms with Crippen LogP contribution < -0.4 is 0 Å². The fourth-order valence-electron chi connectivity index (χ4n) is 3.48. The van der Waals surface area contributed by atoms with Crippen LogP contribution in [0.15, 0.2) is 53.4 Å². The first kappa shape index (κ1) is 22.0. The number of rotatable bonds is 6. The SMILES string of the molecule is CCS(=O)(=O)c1ccc(-c2ccc(CCN3CCC[C@H]3C)cc2)cc1.O=C=O. The summed E-state index contributed by atoms with van der Waals surface area (Å²) in [7, 11) is -3.13.